The Hall–Kier alpha value is -3.23. The minimum absolute atomic E-state index is 0.428. The number of aliphatic imine (C=N–C) groups is 1. The Morgan fingerprint density at radius 1 is 0.818 bits per heavy atom. The molecule has 0 fully saturated rings. The Morgan fingerprint density at radius 3 is 2.27 bits per heavy atom. The second kappa shape index (κ2) is 11.1. The van der Waals surface area contributed by atoms with Gasteiger partial charge in [0, 0.05) is 32.9 Å². The molecule has 33 heavy (non-hydrogen) atoms. The van der Waals surface area contributed by atoms with Gasteiger partial charge < -0.3 is 0 Å². The summed E-state index contributed by atoms with van der Waals surface area (Å²) in [5.74, 6) is 0.401. The predicted molar refractivity (Wildman–Crippen MR) is 136 cm³/mol. The molecule has 0 radical (unpaired) electrons. The summed E-state index contributed by atoms with van der Waals surface area (Å²) in [7, 11) is 0. The van der Waals surface area contributed by atoms with Crippen molar-refractivity contribution in [1.29, 1.82) is 0 Å². The highest BCUT2D eigenvalue weighted by atomic mass is 79.9. The van der Waals surface area contributed by atoms with Crippen LogP contribution in [0.4, 0.5) is 4.39 Å². The molecule has 8 heteroatoms. The Kier molecular flexibility index (Phi) is 7.70. The van der Waals surface area contributed by atoms with Crippen LogP contribution in [0.1, 0.15) is 11.1 Å². The molecule has 0 aliphatic carbocycles. The monoisotopic (exact) mass is 565 g/mol. The molecule has 0 bridgehead atoms. The van der Waals surface area contributed by atoms with Gasteiger partial charge in [0.1, 0.15) is 0 Å². The van der Waals surface area contributed by atoms with Crippen LogP contribution >= 0.6 is 31.9 Å². The lowest BCUT2D eigenvalue weighted by atomic mass is 10.1. The number of hydrogen-bond acceptors (Lipinski definition) is 4. The highest BCUT2D eigenvalue weighted by Gasteiger charge is 2.05. The van der Waals surface area contributed by atoms with Crippen molar-refractivity contribution in [2.75, 3.05) is 0 Å². The van der Waals surface area contributed by atoms with E-state index in [-0.39, 0.29) is 0 Å². The fourth-order valence-electron chi connectivity index (χ4n) is 3.07. The van der Waals surface area contributed by atoms with Crippen LogP contribution in [0.5, 0.6) is 0 Å². The van der Waals surface area contributed by atoms with Crippen LogP contribution in [0, 0.1) is 5.95 Å². The van der Waals surface area contributed by atoms with E-state index in [0.717, 1.165) is 32.2 Å². The second-order valence-electron chi connectivity index (χ2n) is 6.91. The van der Waals surface area contributed by atoms with E-state index in [9.17, 15) is 4.39 Å². The summed E-state index contributed by atoms with van der Waals surface area (Å²) in [5, 5.41) is 5.45. The van der Waals surface area contributed by atoms with Crippen molar-refractivity contribution in [3.8, 4) is 5.82 Å². The highest BCUT2D eigenvalue weighted by molar-refractivity contribution is 9.10. The molecule has 0 spiro atoms. The first-order valence-electron chi connectivity index (χ1n) is 9.99. The van der Waals surface area contributed by atoms with Crippen LogP contribution in [0.3, 0.4) is 0 Å². The van der Waals surface area contributed by atoms with Gasteiger partial charge >= 0.3 is 0 Å². The average Bonchev–Trinajstić information content (AvgIpc) is 3.47. The summed E-state index contributed by atoms with van der Waals surface area (Å²) in [6.07, 6.45) is 6.94. The van der Waals surface area contributed by atoms with Gasteiger partial charge in [0.25, 0.3) is 0 Å². The molecule has 0 saturated heterocycles. The quantitative estimate of drug-likeness (QED) is 0.210. The Morgan fingerprint density at radius 2 is 1.58 bits per heavy atom. The number of hydrogen-bond donors (Lipinski definition) is 0. The Labute approximate surface area is 207 Å². The number of rotatable bonds is 1. The van der Waals surface area contributed by atoms with Gasteiger partial charge in [-0.25, -0.2) is 14.6 Å². The smallest absolute Gasteiger partial charge is 0.212 e. The molecule has 164 valence electrons. The molecule has 3 aromatic heterocycles. The van der Waals surface area contributed by atoms with Gasteiger partial charge in [-0.1, -0.05) is 56.1 Å². The van der Waals surface area contributed by atoms with Crippen LogP contribution in [-0.2, 0) is 6.54 Å². The van der Waals surface area contributed by atoms with Crippen LogP contribution in [0.15, 0.2) is 105 Å². The van der Waals surface area contributed by atoms with Gasteiger partial charge in [0.15, 0.2) is 5.82 Å². The lowest BCUT2D eigenvalue weighted by Crippen LogP contribution is -1.97. The van der Waals surface area contributed by atoms with Gasteiger partial charge in [-0.3, -0.25) is 4.99 Å². The molecule has 0 N–H and O–H groups in total. The lowest BCUT2D eigenvalue weighted by Gasteiger charge is -2.01. The third-order valence-corrected chi connectivity index (χ3v) is 5.61. The Balaban J connectivity index is 0.000000130. The summed E-state index contributed by atoms with van der Waals surface area (Å²) < 4.78 is 15.8. The van der Waals surface area contributed by atoms with Crippen LogP contribution in [-0.4, -0.2) is 26.0 Å². The van der Waals surface area contributed by atoms with Crippen LogP contribution < -0.4 is 0 Å². The van der Waals surface area contributed by atoms with Crippen molar-refractivity contribution >= 4 is 49.0 Å². The number of pyridine rings is 2. The maximum absolute atomic E-state index is 11.8. The lowest BCUT2D eigenvalue weighted by molar-refractivity contribution is 0.584. The fraction of sp³-hybridized carbons (Fsp3) is 0.0400. The fourth-order valence-corrected chi connectivity index (χ4v) is 3.83. The zero-order valence-corrected chi connectivity index (χ0v) is 20.5. The maximum Gasteiger partial charge on any atom is 0.212 e. The first-order chi connectivity index (χ1) is 16.1. The van der Waals surface area contributed by atoms with E-state index in [4.69, 9.17) is 0 Å². The third kappa shape index (κ3) is 6.18. The molecule has 5 aromatic rings. The summed E-state index contributed by atoms with van der Waals surface area (Å²) in [6.45, 7) is 0.842. The van der Waals surface area contributed by atoms with Crippen molar-refractivity contribution in [3.63, 3.8) is 0 Å². The van der Waals surface area contributed by atoms with E-state index in [0.29, 0.717) is 0 Å². The zero-order chi connectivity index (χ0) is 23.0. The minimum atomic E-state index is -0.428. The Bertz CT molecular complexity index is 1370. The number of benzene rings is 2. The number of aromatic nitrogens is 4. The van der Waals surface area contributed by atoms with Crippen molar-refractivity contribution in [1.82, 2.24) is 19.7 Å². The molecule has 5 nitrogen and oxygen atoms in total. The van der Waals surface area contributed by atoms with Crippen molar-refractivity contribution in [3.05, 3.63) is 117 Å². The largest absolute Gasteiger partial charge is 0.288 e. The normalized spacial score (nSPS) is 11.2. The van der Waals surface area contributed by atoms with Gasteiger partial charge in [-0.2, -0.15) is 9.49 Å². The number of nitrogens with zero attached hydrogens (tertiary/aromatic N) is 5. The maximum atomic E-state index is 11.8. The molecule has 0 amide bonds. The van der Waals surface area contributed by atoms with Crippen LogP contribution in [0.2, 0.25) is 0 Å². The minimum Gasteiger partial charge on any atom is -0.288 e. The molecule has 0 saturated carbocycles. The predicted octanol–water partition coefficient (Wildman–Crippen LogP) is 6.79. The SMILES string of the molecule is Brc1ccc2c(c1)CN=C2.Brc1ccc2cnn(-c3ccccn3)c2c1.Fc1ccccn1. The van der Waals surface area contributed by atoms with E-state index in [1.165, 1.54) is 23.4 Å². The van der Waals surface area contributed by atoms with Gasteiger partial charge in [-0.05, 0) is 59.7 Å². The molecule has 2 aromatic carbocycles. The molecule has 1 aliphatic heterocycles. The molecular weight excluding hydrogens is 549 g/mol. The number of halogens is 3. The van der Waals surface area contributed by atoms with E-state index < -0.39 is 5.95 Å². The van der Waals surface area contributed by atoms with Crippen LogP contribution in [0.25, 0.3) is 16.7 Å². The van der Waals surface area contributed by atoms with Crippen molar-refractivity contribution in [2.24, 2.45) is 4.99 Å². The van der Waals surface area contributed by atoms with E-state index >= 15 is 0 Å². The van der Waals surface area contributed by atoms with E-state index in [2.05, 4.69) is 64.1 Å². The van der Waals surface area contributed by atoms with Gasteiger partial charge in [0.2, 0.25) is 5.95 Å². The second-order valence-corrected chi connectivity index (χ2v) is 8.74. The molecule has 6 rings (SSSR count). The molecule has 1 aliphatic rings. The first kappa shape index (κ1) is 22.9. The summed E-state index contributed by atoms with van der Waals surface area (Å²) in [5.41, 5.74) is 3.62. The summed E-state index contributed by atoms with van der Waals surface area (Å²) in [6, 6.07) is 22.7. The van der Waals surface area contributed by atoms with Crippen molar-refractivity contribution < 1.29 is 4.39 Å². The third-order valence-electron chi connectivity index (χ3n) is 4.63. The standard InChI is InChI=1S/C12H8BrN3.C8H6BrN.C5H4FN/c13-10-5-4-9-8-15-16(11(9)7-10)12-3-1-2-6-14-12;9-8-2-1-6-4-10-5-7(6)3-8;6-5-3-1-2-4-7-5/h1-8H;1-4H,5H2;1-4H. The zero-order valence-electron chi connectivity index (χ0n) is 17.3. The first-order valence-corrected chi connectivity index (χ1v) is 11.6. The summed E-state index contributed by atoms with van der Waals surface area (Å²) in [4.78, 5) is 11.7. The molecular formula is C25H18Br2FN5. The van der Waals surface area contributed by atoms with Gasteiger partial charge in [-0.15, -0.1) is 0 Å². The van der Waals surface area contributed by atoms with Gasteiger partial charge in [0.05, 0.1) is 18.3 Å². The molecule has 0 unspecified atom stereocenters. The van der Waals surface area contributed by atoms with E-state index in [1.807, 2.05) is 59.6 Å². The number of fused-ring (bicyclic) bond motifs is 2. The molecule has 4 heterocycles. The topological polar surface area (TPSA) is 56.0 Å². The molecule has 0 atom stereocenters. The van der Waals surface area contributed by atoms with Crippen molar-refractivity contribution in [2.45, 2.75) is 6.54 Å². The average molecular weight is 567 g/mol. The van der Waals surface area contributed by atoms with E-state index in [1.54, 1.807) is 18.3 Å². The summed E-state index contributed by atoms with van der Waals surface area (Å²) >= 11 is 6.87. The highest BCUT2D eigenvalue weighted by Crippen LogP contribution is 2.21.